The molecule has 1 unspecified atom stereocenters. The molecule has 0 aliphatic heterocycles. The molecule has 2 aliphatic rings. The molecule has 1 heterocycles. The van der Waals surface area contributed by atoms with E-state index < -0.39 is 0 Å². The number of ketones is 1. The van der Waals surface area contributed by atoms with Gasteiger partial charge in [-0.05, 0) is 18.6 Å². The second kappa shape index (κ2) is 6.31. The third-order valence-corrected chi connectivity index (χ3v) is 4.77. The van der Waals surface area contributed by atoms with E-state index in [1.54, 1.807) is 12.1 Å². The fraction of sp³-hybridized carbons (Fsp3) is 0.200. The first-order chi connectivity index (χ1) is 12.6. The maximum Gasteiger partial charge on any atom is 0.222 e. The Balaban J connectivity index is 1.64. The molecule has 132 valence electrons. The predicted molar refractivity (Wildman–Crippen MR) is 94.2 cm³/mol. The van der Waals surface area contributed by atoms with Crippen molar-refractivity contribution in [2.45, 2.75) is 12.8 Å². The lowest BCUT2D eigenvalue weighted by Crippen LogP contribution is -2.20. The number of oxazole rings is 1. The van der Waals surface area contributed by atoms with Crippen molar-refractivity contribution in [3.05, 3.63) is 59.7 Å². The summed E-state index contributed by atoms with van der Waals surface area (Å²) in [4.78, 5) is 16.2. The Labute approximate surface area is 149 Å². The first kappa shape index (κ1) is 16.4. The van der Waals surface area contributed by atoms with Crippen molar-refractivity contribution in [3.63, 3.8) is 0 Å². The van der Waals surface area contributed by atoms with Crippen molar-refractivity contribution >= 4 is 11.4 Å². The second-order valence-electron chi connectivity index (χ2n) is 6.40. The van der Waals surface area contributed by atoms with E-state index in [4.69, 9.17) is 4.42 Å². The van der Waals surface area contributed by atoms with Gasteiger partial charge in [0.2, 0.25) is 5.89 Å². The smallest absolute Gasteiger partial charge is 0.222 e. The first-order valence-electron chi connectivity index (χ1n) is 8.28. The average molecular weight is 351 g/mol. The summed E-state index contributed by atoms with van der Waals surface area (Å²) in [5.41, 5.74) is 2.70. The standard InChI is InChI=1S/C20H17NO5/c22-10-14-7-13-6-12(5-4-11(13)8-17(14)24)20-21-9-18(26-20)15-2-1-3-16(23)19(15)25/h1-5,7,9,13,22-23,25H,6,8,10H2. The normalized spacial score (nSPS) is 19.5. The van der Waals surface area contributed by atoms with Crippen molar-refractivity contribution in [3.8, 4) is 22.8 Å². The molecule has 0 fully saturated rings. The zero-order valence-corrected chi connectivity index (χ0v) is 13.8. The number of benzene rings is 1. The number of aromatic nitrogens is 1. The summed E-state index contributed by atoms with van der Waals surface area (Å²) in [6.45, 7) is -0.248. The van der Waals surface area contributed by atoms with E-state index in [0.717, 1.165) is 11.1 Å². The van der Waals surface area contributed by atoms with Crippen LogP contribution in [0.5, 0.6) is 11.5 Å². The second-order valence-corrected chi connectivity index (χ2v) is 6.40. The Morgan fingerprint density at radius 3 is 2.88 bits per heavy atom. The Bertz CT molecular complexity index is 980. The number of phenolic OH excluding ortho intramolecular Hbond substituents is 2. The number of hydrogen-bond donors (Lipinski definition) is 3. The highest BCUT2D eigenvalue weighted by atomic mass is 16.4. The van der Waals surface area contributed by atoms with Crippen molar-refractivity contribution in [1.29, 1.82) is 0 Å². The van der Waals surface area contributed by atoms with Crippen LogP contribution in [0.15, 0.2) is 58.2 Å². The highest BCUT2D eigenvalue weighted by Crippen LogP contribution is 2.40. The van der Waals surface area contributed by atoms with Crippen LogP contribution in [0.3, 0.4) is 0 Å². The highest BCUT2D eigenvalue weighted by Gasteiger charge is 2.28. The fourth-order valence-corrected chi connectivity index (χ4v) is 3.33. The van der Waals surface area contributed by atoms with Crippen LogP contribution in [-0.4, -0.2) is 32.7 Å². The quantitative estimate of drug-likeness (QED) is 0.735. The zero-order chi connectivity index (χ0) is 18.3. The number of rotatable bonds is 3. The lowest BCUT2D eigenvalue weighted by Gasteiger charge is -2.26. The fourth-order valence-electron chi connectivity index (χ4n) is 3.33. The van der Waals surface area contributed by atoms with E-state index in [2.05, 4.69) is 4.98 Å². The van der Waals surface area contributed by atoms with Gasteiger partial charge in [0, 0.05) is 23.5 Å². The van der Waals surface area contributed by atoms with Gasteiger partial charge in [0.1, 0.15) is 0 Å². The molecule has 0 spiro atoms. The number of allylic oxidation sites excluding steroid dienone is 5. The van der Waals surface area contributed by atoms with Crippen molar-refractivity contribution in [2.24, 2.45) is 5.92 Å². The molecular weight excluding hydrogens is 334 g/mol. The van der Waals surface area contributed by atoms with E-state index in [9.17, 15) is 20.1 Å². The van der Waals surface area contributed by atoms with Gasteiger partial charge in [-0.2, -0.15) is 0 Å². The molecule has 0 saturated heterocycles. The van der Waals surface area contributed by atoms with Gasteiger partial charge in [-0.1, -0.05) is 29.9 Å². The van der Waals surface area contributed by atoms with Gasteiger partial charge in [-0.15, -0.1) is 0 Å². The third-order valence-electron chi connectivity index (χ3n) is 4.77. The minimum absolute atomic E-state index is 0.0374. The number of phenols is 2. The molecule has 2 aromatic rings. The SMILES string of the molecule is O=C1CC2=CC=C(c3ncc(-c4cccc(O)c4O)o3)CC2C=C1CO. The molecule has 6 nitrogen and oxygen atoms in total. The van der Waals surface area contributed by atoms with Crippen LogP contribution in [0.1, 0.15) is 18.7 Å². The molecule has 0 radical (unpaired) electrons. The Hall–Kier alpha value is -3.12. The summed E-state index contributed by atoms with van der Waals surface area (Å²) in [7, 11) is 0. The number of hydrogen-bond acceptors (Lipinski definition) is 6. The summed E-state index contributed by atoms with van der Waals surface area (Å²) in [6, 6.07) is 4.64. The Kier molecular flexibility index (Phi) is 3.97. The van der Waals surface area contributed by atoms with Crippen LogP contribution in [0.4, 0.5) is 0 Å². The van der Waals surface area contributed by atoms with Crippen LogP contribution in [0.25, 0.3) is 16.9 Å². The molecule has 1 aromatic carbocycles. The van der Waals surface area contributed by atoms with E-state index in [-0.39, 0.29) is 29.8 Å². The molecule has 6 heteroatoms. The molecule has 2 aliphatic carbocycles. The number of carbonyl (C=O) groups excluding carboxylic acids is 1. The maximum absolute atomic E-state index is 11.9. The van der Waals surface area contributed by atoms with Crippen LogP contribution < -0.4 is 0 Å². The molecule has 3 N–H and O–H groups in total. The van der Waals surface area contributed by atoms with Gasteiger partial charge in [0.15, 0.2) is 23.0 Å². The highest BCUT2D eigenvalue weighted by molar-refractivity contribution is 5.99. The summed E-state index contributed by atoms with van der Waals surface area (Å²) in [5.74, 6) is 0.308. The van der Waals surface area contributed by atoms with Crippen molar-refractivity contribution in [2.75, 3.05) is 6.61 Å². The van der Waals surface area contributed by atoms with E-state index in [0.29, 0.717) is 35.6 Å². The topological polar surface area (TPSA) is 104 Å². The number of fused-ring (bicyclic) bond motifs is 1. The molecule has 4 rings (SSSR count). The molecule has 0 amide bonds. The van der Waals surface area contributed by atoms with Gasteiger partial charge in [0.25, 0.3) is 0 Å². The minimum atomic E-state index is -0.253. The first-order valence-corrected chi connectivity index (χ1v) is 8.28. The molecule has 0 bridgehead atoms. The van der Waals surface area contributed by atoms with Crippen molar-refractivity contribution in [1.82, 2.24) is 4.98 Å². The molecule has 1 aromatic heterocycles. The van der Waals surface area contributed by atoms with Gasteiger partial charge < -0.3 is 19.7 Å². The van der Waals surface area contributed by atoms with Crippen LogP contribution in [0, 0.1) is 5.92 Å². The van der Waals surface area contributed by atoms with Gasteiger partial charge >= 0.3 is 0 Å². The van der Waals surface area contributed by atoms with Crippen LogP contribution in [-0.2, 0) is 4.79 Å². The van der Waals surface area contributed by atoms with Crippen LogP contribution in [0.2, 0.25) is 0 Å². The van der Waals surface area contributed by atoms with Crippen LogP contribution >= 0.6 is 0 Å². The number of aliphatic hydroxyl groups excluding tert-OH is 1. The molecule has 0 saturated carbocycles. The molecule has 26 heavy (non-hydrogen) atoms. The Morgan fingerprint density at radius 1 is 1.23 bits per heavy atom. The summed E-state index contributed by atoms with van der Waals surface area (Å²) >= 11 is 0. The number of para-hydroxylation sites is 1. The maximum atomic E-state index is 11.9. The monoisotopic (exact) mass is 351 g/mol. The third kappa shape index (κ3) is 2.74. The van der Waals surface area contributed by atoms with Gasteiger partial charge in [0.05, 0.1) is 18.4 Å². The zero-order valence-electron chi connectivity index (χ0n) is 13.8. The average Bonchev–Trinajstić information content (AvgIpc) is 3.13. The summed E-state index contributed by atoms with van der Waals surface area (Å²) in [6.07, 6.45) is 8.05. The lowest BCUT2D eigenvalue weighted by atomic mass is 9.78. The van der Waals surface area contributed by atoms with E-state index in [1.807, 2.05) is 18.2 Å². The number of aromatic hydroxyl groups is 2. The van der Waals surface area contributed by atoms with E-state index >= 15 is 0 Å². The van der Waals surface area contributed by atoms with Gasteiger partial charge in [-0.25, -0.2) is 4.98 Å². The summed E-state index contributed by atoms with van der Waals surface area (Å²) in [5, 5.41) is 28.9. The largest absolute Gasteiger partial charge is 0.504 e. The minimum Gasteiger partial charge on any atom is -0.504 e. The molecular formula is C20H17NO5. The lowest BCUT2D eigenvalue weighted by molar-refractivity contribution is -0.115. The molecule has 1 atom stereocenters. The predicted octanol–water partition coefficient (Wildman–Crippen LogP) is 2.97. The number of aliphatic hydroxyl groups is 1. The summed E-state index contributed by atoms with van der Waals surface area (Å²) < 4.78 is 5.78. The van der Waals surface area contributed by atoms with E-state index in [1.165, 1.54) is 12.3 Å². The van der Waals surface area contributed by atoms with Gasteiger partial charge in [-0.3, -0.25) is 4.79 Å². The number of Topliss-reactive ketones (excluding diaryl/α,β-unsaturated/α-hetero) is 1. The number of nitrogens with zero attached hydrogens (tertiary/aromatic N) is 1. The Morgan fingerprint density at radius 2 is 2.08 bits per heavy atom. The number of carbonyl (C=O) groups is 1. The van der Waals surface area contributed by atoms with Crippen molar-refractivity contribution < 1.29 is 24.5 Å².